The summed E-state index contributed by atoms with van der Waals surface area (Å²) in [6.07, 6.45) is 0.266. The van der Waals surface area contributed by atoms with E-state index in [0.29, 0.717) is 0 Å². The minimum atomic E-state index is -1.08. The van der Waals surface area contributed by atoms with E-state index in [9.17, 15) is 18.4 Å². The van der Waals surface area contributed by atoms with Crippen molar-refractivity contribution in [1.82, 2.24) is 0 Å². The molecule has 0 bridgehead atoms. The van der Waals surface area contributed by atoms with E-state index < -0.39 is 35.3 Å². The van der Waals surface area contributed by atoms with Gasteiger partial charge in [0.1, 0.15) is 0 Å². The Kier molecular flexibility index (Phi) is 3.34. The Morgan fingerprint density at radius 1 is 1.28 bits per heavy atom. The highest BCUT2D eigenvalue weighted by molar-refractivity contribution is 9.10. The maximum Gasteiger partial charge on any atom is 0.307 e. The molecule has 0 spiro atoms. The van der Waals surface area contributed by atoms with Gasteiger partial charge in [0.2, 0.25) is 5.91 Å². The zero-order valence-corrected chi connectivity index (χ0v) is 10.5. The van der Waals surface area contributed by atoms with E-state index in [1.54, 1.807) is 0 Å². The molecule has 96 valence electrons. The third-order valence-electron chi connectivity index (χ3n) is 2.71. The smallest absolute Gasteiger partial charge is 0.307 e. The maximum atomic E-state index is 13.0. The maximum absolute atomic E-state index is 13.0. The Hall–Kier alpha value is -1.50. The van der Waals surface area contributed by atoms with Crippen molar-refractivity contribution >= 4 is 33.5 Å². The van der Waals surface area contributed by atoms with Gasteiger partial charge in [0.15, 0.2) is 11.6 Å². The molecule has 0 saturated heterocycles. The average Bonchev–Trinajstić information content (AvgIpc) is 3.05. The summed E-state index contributed by atoms with van der Waals surface area (Å²) in [5.41, 5.74) is 0.0786. The summed E-state index contributed by atoms with van der Waals surface area (Å²) in [5, 5.41) is 11.0. The molecule has 0 aliphatic heterocycles. The zero-order valence-electron chi connectivity index (χ0n) is 8.91. The molecule has 0 heterocycles. The first-order valence-electron chi connectivity index (χ1n) is 5.08. The quantitative estimate of drug-likeness (QED) is 0.841. The second-order valence-electron chi connectivity index (χ2n) is 4.02. The van der Waals surface area contributed by atoms with Crippen molar-refractivity contribution in [2.45, 2.75) is 6.42 Å². The van der Waals surface area contributed by atoms with Crippen molar-refractivity contribution in [3.63, 3.8) is 0 Å². The third kappa shape index (κ3) is 2.50. The molecule has 1 aliphatic carbocycles. The lowest BCUT2D eigenvalue weighted by Gasteiger charge is -2.07. The molecule has 1 saturated carbocycles. The first kappa shape index (κ1) is 12.9. The highest BCUT2D eigenvalue weighted by Gasteiger charge is 2.48. The van der Waals surface area contributed by atoms with Crippen LogP contribution in [0.25, 0.3) is 0 Å². The highest BCUT2D eigenvalue weighted by Crippen LogP contribution is 2.40. The molecule has 2 rings (SSSR count). The molecule has 1 aliphatic rings. The second-order valence-corrected chi connectivity index (χ2v) is 4.88. The van der Waals surface area contributed by atoms with Crippen LogP contribution in [0.4, 0.5) is 14.5 Å². The monoisotopic (exact) mass is 319 g/mol. The molecule has 1 amide bonds. The number of halogens is 3. The largest absolute Gasteiger partial charge is 0.481 e. The SMILES string of the molecule is O=C(O)[C@H]1C[C@@H]1C(=O)Nc1cc(F)c(F)cc1Br. The molecule has 0 unspecified atom stereocenters. The van der Waals surface area contributed by atoms with Gasteiger partial charge in [-0.1, -0.05) is 0 Å². The summed E-state index contributed by atoms with van der Waals surface area (Å²) in [6, 6.07) is 1.74. The minimum Gasteiger partial charge on any atom is -0.481 e. The van der Waals surface area contributed by atoms with E-state index in [-0.39, 0.29) is 16.6 Å². The fraction of sp³-hybridized carbons (Fsp3) is 0.273. The Morgan fingerprint density at radius 2 is 1.89 bits per heavy atom. The molecule has 1 fully saturated rings. The number of hydrogen-bond acceptors (Lipinski definition) is 2. The van der Waals surface area contributed by atoms with Crippen LogP contribution in [0.1, 0.15) is 6.42 Å². The van der Waals surface area contributed by atoms with Crippen LogP contribution in [0.15, 0.2) is 16.6 Å². The first-order valence-corrected chi connectivity index (χ1v) is 5.87. The lowest BCUT2D eigenvalue weighted by molar-refractivity contribution is -0.139. The van der Waals surface area contributed by atoms with Crippen LogP contribution in [0, 0.1) is 23.5 Å². The molecule has 2 N–H and O–H groups in total. The minimum absolute atomic E-state index is 0.0786. The van der Waals surface area contributed by atoms with Crippen molar-refractivity contribution in [2.75, 3.05) is 5.32 Å². The summed E-state index contributed by atoms with van der Waals surface area (Å²) in [5.74, 6) is -4.95. The predicted octanol–water partition coefficient (Wildman–Crippen LogP) is 2.39. The van der Waals surface area contributed by atoms with Gasteiger partial charge in [-0.25, -0.2) is 8.78 Å². The first-order chi connectivity index (χ1) is 8.40. The van der Waals surface area contributed by atoms with Crippen molar-refractivity contribution in [2.24, 2.45) is 11.8 Å². The molecule has 4 nitrogen and oxygen atoms in total. The Balaban J connectivity index is 2.09. The van der Waals surface area contributed by atoms with E-state index in [1.807, 2.05) is 0 Å². The van der Waals surface area contributed by atoms with Gasteiger partial charge < -0.3 is 10.4 Å². The van der Waals surface area contributed by atoms with Crippen LogP contribution < -0.4 is 5.32 Å². The van der Waals surface area contributed by atoms with Crippen LogP contribution in [0.3, 0.4) is 0 Å². The third-order valence-corrected chi connectivity index (χ3v) is 3.37. The number of carboxylic acids is 1. The number of anilines is 1. The second kappa shape index (κ2) is 4.64. The number of benzene rings is 1. The normalized spacial score (nSPS) is 21.5. The molecule has 1 aromatic rings. The molecule has 0 aromatic heterocycles. The highest BCUT2D eigenvalue weighted by atomic mass is 79.9. The number of hydrogen-bond donors (Lipinski definition) is 2. The Morgan fingerprint density at radius 3 is 2.44 bits per heavy atom. The predicted molar refractivity (Wildman–Crippen MR) is 61.9 cm³/mol. The number of carbonyl (C=O) groups excluding carboxylic acids is 1. The molecule has 7 heteroatoms. The van der Waals surface area contributed by atoms with E-state index in [1.165, 1.54) is 0 Å². The van der Waals surface area contributed by atoms with Gasteiger partial charge in [0.25, 0.3) is 0 Å². The van der Waals surface area contributed by atoms with Crippen LogP contribution in [0.2, 0.25) is 0 Å². The van der Waals surface area contributed by atoms with Crippen LogP contribution in [0.5, 0.6) is 0 Å². The number of nitrogens with one attached hydrogen (secondary N) is 1. The molecule has 1 aromatic carbocycles. The van der Waals surface area contributed by atoms with Gasteiger partial charge in [0, 0.05) is 10.5 Å². The number of carboxylic acid groups (broad SMARTS) is 1. The molecule has 18 heavy (non-hydrogen) atoms. The summed E-state index contributed by atoms with van der Waals surface area (Å²) >= 11 is 2.99. The summed E-state index contributed by atoms with van der Waals surface area (Å²) in [4.78, 5) is 22.2. The molecule has 2 atom stereocenters. The van der Waals surface area contributed by atoms with Crippen molar-refractivity contribution in [1.29, 1.82) is 0 Å². The van der Waals surface area contributed by atoms with Gasteiger partial charge in [0.05, 0.1) is 17.5 Å². The Labute approximate surface area is 109 Å². The number of rotatable bonds is 3. The van der Waals surface area contributed by atoms with Gasteiger partial charge in [-0.05, 0) is 28.4 Å². The van der Waals surface area contributed by atoms with Crippen molar-refractivity contribution in [3.05, 3.63) is 28.2 Å². The van der Waals surface area contributed by atoms with E-state index in [0.717, 1.165) is 12.1 Å². The van der Waals surface area contributed by atoms with Gasteiger partial charge >= 0.3 is 5.97 Å². The van der Waals surface area contributed by atoms with Crippen LogP contribution in [-0.2, 0) is 9.59 Å². The lowest BCUT2D eigenvalue weighted by atomic mass is 10.2. The molecule has 0 radical (unpaired) electrons. The van der Waals surface area contributed by atoms with Crippen LogP contribution >= 0.6 is 15.9 Å². The van der Waals surface area contributed by atoms with Crippen molar-refractivity contribution < 1.29 is 23.5 Å². The van der Waals surface area contributed by atoms with Gasteiger partial charge in [-0.3, -0.25) is 9.59 Å². The summed E-state index contributed by atoms with van der Waals surface area (Å²) in [7, 11) is 0. The fourth-order valence-electron chi connectivity index (χ4n) is 1.60. The Bertz CT molecular complexity index is 535. The summed E-state index contributed by atoms with van der Waals surface area (Å²) in [6.45, 7) is 0. The van der Waals surface area contributed by atoms with E-state index >= 15 is 0 Å². The van der Waals surface area contributed by atoms with Gasteiger partial charge in [-0.2, -0.15) is 0 Å². The number of aliphatic carboxylic acids is 1. The topological polar surface area (TPSA) is 66.4 Å². The number of carbonyl (C=O) groups is 2. The average molecular weight is 320 g/mol. The zero-order chi connectivity index (χ0) is 13.4. The van der Waals surface area contributed by atoms with Crippen LogP contribution in [-0.4, -0.2) is 17.0 Å². The molecular formula is C11H8BrF2NO3. The molecular weight excluding hydrogens is 312 g/mol. The van der Waals surface area contributed by atoms with E-state index in [4.69, 9.17) is 5.11 Å². The standard InChI is InChI=1S/C11H8BrF2NO3/c12-6-2-7(13)8(14)3-9(6)15-10(16)4-1-5(4)11(17)18/h2-5H,1H2,(H,15,16)(H,17,18)/t4-,5-/m0/s1. The van der Waals surface area contributed by atoms with Gasteiger partial charge in [-0.15, -0.1) is 0 Å². The summed E-state index contributed by atoms with van der Waals surface area (Å²) < 4.78 is 26.0. The van der Waals surface area contributed by atoms with Crippen molar-refractivity contribution in [3.8, 4) is 0 Å². The number of amides is 1. The fourth-order valence-corrected chi connectivity index (χ4v) is 2.02. The lowest BCUT2D eigenvalue weighted by Crippen LogP contribution is -2.17. The van der Waals surface area contributed by atoms with E-state index in [2.05, 4.69) is 21.2 Å².